The summed E-state index contributed by atoms with van der Waals surface area (Å²) in [7, 11) is -1.51. The smallest absolute Gasteiger partial charge is 0.289 e. The van der Waals surface area contributed by atoms with Gasteiger partial charge in [0.25, 0.3) is 5.91 Å². The molecule has 8 nitrogen and oxygen atoms in total. The van der Waals surface area contributed by atoms with Crippen LogP contribution in [0.2, 0.25) is 0 Å². The average molecular weight is 512 g/mol. The summed E-state index contributed by atoms with van der Waals surface area (Å²) in [5, 5.41) is 3.11. The molecule has 1 amide bonds. The monoisotopic (exact) mass is 512 g/mol. The zero-order valence-electron chi connectivity index (χ0n) is 16.3. The number of rotatable bonds is 4. The SMILES string of the molecule is CN=C(NCCS(=O)(=O)C(C)(C)C)N1CCN(C(=O)c2ccco2)CC1.I. The average Bonchev–Trinajstić information content (AvgIpc) is 3.12. The van der Waals surface area contributed by atoms with Gasteiger partial charge in [-0.3, -0.25) is 9.79 Å². The third kappa shape index (κ3) is 6.09. The van der Waals surface area contributed by atoms with Crippen molar-refractivity contribution in [2.75, 3.05) is 45.5 Å². The van der Waals surface area contributed by atoms with Crippen LogP contribution in [-0.4, -0.2) is 80.4 Å². The molecule has 27 heavy (non-hydrogen) atoms. The first kappa shape index (κ1) is 23.7. The predicted molar refractivity (Wildman–Crippen MR) is 117 cm³/mol. The molecule has 0 aromatic carbocycles. The lowest BCUT2D eigenvalue weighted by Gasteiger charge is -2.36. The molecule has 1 fully saturated rings. The third-order valence-electron chi connectivity index (χ3n) is 4.40. The van der Waals surface area contributed by atoms with Crippen LogP contribution >= 0.6 is 24.0 Å². The van der Waals surface area contributed by atoms with Gasteiger partial charge in [0, 0.05) is 39.8 Å². The maximum Gasteiger partial charge on any atom is 0.289 e. The molecular weight excluding hydrogens is 483 g/mol. The van der Waals surface area contributed by atoms with Crippen molar-refractivity contribution in [2.45, 2.75) is 25.5 Å². The topological polar surface area (TPSA) is 95.2 Å². The van der Waals surface area contributed by atoms with Crippen molar-refractivity contribution >= 4 is 45.7 Å². The highest BCUT2D eigenvalue weighted by molar-refractivity contribution is 14.0. The molecular formula is C17H29IN4O4S. The van der Waals surface area contributed by atoms with E-state index in [0.29, 0.717) is 44.4 Å². The summed E-state index contributed by atoms with van der Waals surface area (Å²) in [6.45, 7) is 7.76. The van der Waals surface area contributed by atoms with Gasteiger partial charge in [0.05, 0.1) is 16.8 Å². The molecule has 0 spiro atoms. The lowest BCUT2D eigenvalue weighted by Crippen LogP contribution is -2.54. The van der Waals surface area contributed by atoms with E-state index in [1.165, 1.54) is 6.26 Å². The van der Waals surface area contributed by atoms with E-state index in [-0.39, 0.29) is 35.6 Å². The molecule has 0 radical (unpaired) electrons. The van der Waals surface area contributed by atoms with Crippen molar-refractivity contribution in [1.29, 1.82) is 0 Å². The second-order valence-corrected chi connectivity index (χ2v) is 10.0. The second kappa shape index (κ2) is 9.76. The van der Waals surface area contributed by atoms with E-state index < -0.39 is 14.6 Å². The summed E-state index contributed by atoms with van der Waals surface area (Å²) >= 11 is 0. The number of amides is 1. The molecule has 1 saturated heterocycles. The number of nitrogens with one attached hydrogen (secondary N) is 1. The van der Waals surface area contributed by atoms with Crippen LogP contribution in [-0.2, 0) is 9.84 Å². The fourth-order valence-electron chi connectivity index (χ4n) is 2.61. The van der Waals surface area contributed by atoms with Crippen molar-refractivity contribution in [3.63, 3.8) is 0 Å². The van der Waals surface area contributed by atoms with Crippen molar-refractivity contribution in [2.24, 2.45) is 4.99 Å². The molecule has 10 heteroatoms. The number of carbonyl (C=O) groups excluding carboxylic acids is 1. The van der Waals surface area contributed by atoms with E-state index in [4.69, 9.17) is 4.42 Å². The van der Waals surface area contributed by atoms with E-state index in [0.717, 1.165) is 0 Å². The lowest BCUT2D eigenvalue weighted by molar-refractivity contribution is 0.0658. The number of carbonyl (C=O) groups is 1. The molecule has 0 unspecified atom stereocenters. The standard InChI is InChI=1S/C17H28N4O4S.HI/c1-17(2,3)26(23,24)13-7-19-16(18-4)21-10-8-20(9-11-21)15(22)14-6-5-12-25-14;/h5-6,12H,7-11,13H2,1-4H3,(H,18,19);1H. The zero-order valence-corrected chi connectivity index (χ0v) is 19.4. The molecule has 2 heterocycles. The quantitative estimate of drug-likeness (QED) is 0.373. The number of aliphatic imine (C=N–C) groups is 1. The number of furan rings is 1. The third-order valence-corrected chi connectivity index (χ3v) is 7.00. The Bertz CT molecular complexity index is 733. The number of nitrogens with zero attached hydrogens (tertiary/aromatic N) is 3. The van der Waals surface area contributed by atoms with Gasteiger partial charge in [0.2, 0.25) is 0 Å². The Morgan fingerprint density at radius 2 is 1.81 bits per heavy atom. The maximum atomic E-state index is 12.3. The van der Waals surface area contributed by atoms with E-state index in [1.807, 2.05) is 4.90 Å². The van der Waals surface area contributed by atoms with Crippen LogP contribution in [0.4, 0.5) is 0 Å². The molecule has 1 aliphatic rings. The molecule has 1 aromatic heterocycles. The van der Waals surface area contributed by atoms with Gasteiger partial charge in [-0.15, -0.1) is 24.0 Å². The van der Waals surface area contributed by atoms with Crippen molar-refractivity contribution < 1.29 is 17.6 Å². The first-order valence-corrected chi connectivity index (χ1v) is 10.3. The summed E-state index contributed by atoms with van der Waals surface area (Å²) in [6, 6.07) is 3.35. The predicted octanol–water partition coefficient (Wildman–Crippen LogP) is 1.44. The van der Waals surface area contributed by atoms with Gasteiger partial charge in [0.15, 0.2) is 21.6 Å². The number of piperazine rings is 1. The van der Waals surface area contributed by atoms with Crippen molar-refractivity contribution in [3.8, 4) is 0 Å². The van der Waals surface area contributed by atoms with Crippen molar-refractivity contribution in [3.05, 3.63) is 24.2 Å². The minimum atomic E-state index is -3.18. The molecule has 0 bridgehead atoms. The Kier molecular flexibility index (Phi) is 8.58. The van der Waals surface area contributed by atoms with E-state index in [1.54, 1.807) is 44.9 Å². The fourth-order valence-corrected chi connectivity index (χ4v) is 3.60. The Morgan fingerprint density at radius 3 is 2.30 bits per heavy atom. The molecule has 0 aliphatic carbocycles. The summed E-state index contributed by atoms with van der Waals surface area (Å²) in [4.78, 5) is 20.3. The molecule has 0 saturated carbocycles. The van der Waals surface area contributed by atoms with Gasteiger partial charge in [-0.05, 0) is 32.9 Å². The van der Waals surface area contributed by atoms with Gasteiger partial charge >= 0.3 is 0 Å². The van der Waals surface area contributed by atoms with Crippen LogP contribution in [0.15, 0.2) is 27.8 Å². The number of hydrogen-bond donors (Lipinski definition) is 1. The van der Waals surface area contributed by atoms with E-state index in [9.17, 15) is 13.2 Å². The number of guanidine groups is 1. The highest BCUT2D eigenvalue weighted by atomic mass is 127. The molecule has 1 aliphatic heterocycles. The highest BCUT2D eigenvalue weighted by Gasteiger charge is 2.29. The lowest BCUT2D eigenvalue weighted by atomic mass is 10.3. The Morgan fingerprint density at radius 1 is 1.22 bits per heavy atom. The van der Waals surface area contributed by atoms with Crippen LogP contribution in [0.25, 0.3) is 0 Å². The molecule has 1 aromatic rings. The Hall–Kier alpha value is -1.30. The summed E-state index contributed by atoms with van der Waals surface area (Å²) in [6.07, 6.45) is 1.49. The van der Waals surface area contributed by atoms with Crippen molar-refractivity contribution in [1.82, 2.24) is 15.1 Å². The van der Waals surface area contributed by atoms with E-state index in [2.05, 4.69) is 10.3 Å². The van der Waals surface area contributed by atoms with Gasteiger partial charge in [0.1, 0.15) is 0 Å². The summed E-state index contributed by atoms with van der Waals surface area (Å²) < 4.78 is 28.8. The summed E-state index contributed by atoms with van der Waals surface area (Å²) in [5.74, 6) is 0.924. The Labute approximate surface area is 178 Å². The number of halogens is 1. The Balaban J connectivity index is 0.00000364. The van der Waals surface area contributed by atoms with Gasteiger partial charge in [-0.2, -0.15) is 0 Å². The molecule has 2 rings (SSSR count). The van der Waals surface area contributed by atoms with Crippen LogP contribution in [0.5, 0.6) is 0 Å². The van der Waals surface area contributed by atoms with Gasteiger partial charge in [-0.25, -0.2) is 8.42 Å². The molecule has 154 valence electrons. The van der Waals surface area contributed by atoms with E-state index >= 15 is 0 Å². The van der Waals surface area contributed by atoms with Gasteiger partial charge < -0.3 is 19.5 Å². The summed E-state index contributed by atoms with van der Waals surface area (Å²) in [5.41, 5.74) is 0. The first-order valence-electron chi connectivity index (χ1n) is 8.66. The normalized spacial score (nSPS) is 16.1. The fraction of sp³-hybridized carbons (Fsp3) is 0.647. The number of hydrogen-bond acceptors (Lipinski definition) is 5. The van der Waals surface area contributed by atoms with Crippen LogP contribution in [0, 0.1) is 0 Å². The minimum absolute atomic E-state index is 0. The first-order chi connectivity index (χ1) is 12.2. The molecule has 0 atom stereocenters. The van der Waals surface area contributed by atoms with Crippen LogP contribution in [0.3, 0.4) is 0 Å². The second-order valence-electron chi connectivity index (χ2n) is 7.16. The number of sulfone groups is 1. The molecule has 1 N–H and O–H groups in total. The minimum Gasteiger partial charge on any atom is -0.459 e. The largest absolute Gasteiger partial charge is 0.459 e. The zero-order chi connectivity index (χ0) is 19.4. The highest BCUT2D eigenvalue weighted by Crippen LogP contribution is 2.15. The maximum absolute atomic E-state index is 12.3. The van der Waals surface area contributed by atoms with Crippen LogP contribution in [0.1, 0.15) is 31.3 Å². The van der Waals surface area contributed by atoms with Gasteiger partial charge in [-0.1, -0.05) is 0 Å². The van der Waals surface area contributed by atoms with Crippen LogP contribution < -0.4 is 5.32 Å².